The number of halogens is 1. The van der Waals surface area contributed by atoms with Crippen molar-refractivity contribution in [3.05, 3.63) is 35.4 Å². The Morgan fingerprint density at radius 1 is 1.21 bits per heavy atom. The van der Waals surface area contributed by atoms with Crippen molar-refractivity contribution in [3.8, 4) is 0 Å². The molecule has 78 valence electrons. The lowest BCUT2D eigenvalue weighted by atomic mass is 10.1. The van der Waals surface area contributed by atoms with Crippen LogP contribution in [0.5, 0.6) is 0 Å². The van der Waals surface area contributed by atoms with E-state index in [1.165, 1.54) is 11.1 Å². The van der Waals surface area contributed by atoms with Crippen LogP contribution in [-0.2, 0) is 6.54 Å². The maximum atomic E-state index is 5.64. The summed E-state index contributed by atoms with van der Waals surface area (Å²) in [4.78, 5) is 2.30. The molecular weight excluding hydrogens is 194 g/mol. The molecule has 0 bridgehead atoms. The monoisotopic (exact) mass is 211 g/mol. The third kappa shape index (κ3) is 4.12. The first-order chi connectivity index (χ1) is 6.72. The van der Waals surface area contributed by atoms with Crippen molar-refractivity contribution < 1.29 is 0 Å². The van der Waals surface area contributed by atoms with Gasteiger partial charge in [-0.1, -0.05) is 29.8 Å². The van der Waals surface area contributed by atoms with E-state index in [9.17, 15) is 0 Å². The molecule has 0 aliphatic carbocycles. The Hall–Kier alpha value is -0.530. The average Bonchev–Trinajstić information content (AvgIpc) is 2.18. The lowest BCUT2D eigenvalue weighted by molar-refractivity contribution is 0.328. The number of benzene rings is 1. The maximum Gasteiger partial charge on any atom is 0.0235 e. The first kappa shape index (κ1) is 11.5. The van der Waals surface area contributed by atoms with Gasteiger partial charge in [0.25, 0.3) is 0 Å². The highest BCUT2D eigenvalue weighted by molar-refractivity contribution is 6.17. The van der Waals surface area contributed by atoms with Gasteiger partial charge in [-0.3, -0.25) is 0 Å². The third-order valence-electron chi connectivity index (χ3n) is 2.25. The number of aryl methyl sites for hydroxylation is 1. The molecule has 0 aliphatic heterocycles. The van der Waals surface area contributed by atoms with Crippen LogP contribution in [0.1, 0.15) is 17.5 Å². The molecule has 0 aliphatic rings. The zero-order valence-electron chi connectivity index (χ0n) is 8.96. The molecular formula is C12H18ClN. The zero-order chi connectivity index (χ0) is 10.4. The van der Waals surface area contributed by atoms with Crippen LogP contribution in [-0.4, -0.2) is 24.4 Å². The van der Waals surface area contributed by atoms with E-state index in [1.807, 2.05) is 0 Å². The highest BCUT2D eigenvalue weighted by Gasteiger charge is 1.98. The van der Waals surface area contributed by atoms with E-state index in [0.717, 1.165) is 25.4 Å². The fraction of sp³-hybridized carbons (Fsp3) is 0.500. The SMILES string of the molecule is Cc1ccc(CN(C)CCCCl)cc1. The molecule has 0 atom stereocenters. The Morgan fingerprint density at radius 2 is 1.86 bits per heavy atom. The summed E-state index contributed by atoms with van der Waals surface area (Å²) in [6.45, 7) is 4.19. The van der Waals surface area contributed by atoms with E-state index in [0.29, 0.717) is 0 Å². The fourth-order valence-electron chi connectivity index (χ4n) is 1.41. The van der Waals surface area contributed by atoms with Crippen molar-refractivity contribution in [2.24, 2.45) is 0 Å². The van der Waals surface area contributed by atoms with Gasteiger partial charge in [-0.15, -0.1) is 11.6 Å². The molecule has 0 saturated carbocycles. The van der Waals surface area contributed by atoms with Gasteiger partial charge in [0.15, 0.2) is 0 Å². The summed E-state index contributed by atoms with van der Waals surface area (Å²) in [5, 5.41) is 0. The normalized spacial score (nSPS) is 10.9. The van der Waals surface area contributed by atoms with Crippen LogP contribution in [0.4, 0.5) is 0 Å². The second-order valence-corrected chi connectivity index (χ2v) is 4.14. The van der Waals surface area contributed by atoms with Gasteiger partial charge in [-0.2, -0.15) is 0 Å². The predicted octanol–water partition coefficient (Wildman–Crippen LogP) is 3.06. The summed E-state index contributed by atoms with van der Waals surface area (Å²) in [6, 6.07) is 8.69. The van der Waals surface area contributed by atoms with Crippen LogP contribution in [0.2, 0.25) is 0 Å². The second-order valence-electron chi connectivity index (χ2n) is 3.77. The summed E-state index contributed by atoms with van der Waals surface area (Å²) in [5.74, 6) is 0.748. The van der Waals surface area contributed by atoms with Crippen LogP contribution in [0.3, 0.4) is 0 Å². The highest BCUT2D eigenvalue weighted by Crippen LogP contribution is 2.06. The second kappa shape index (κ2) is 6.05. The molecule has 14 heavy (non-hydrogen) atoms. The molecule has 1 rings (SSSR count). The molecule has 2 heteroatoms. The van der Waals surface area contributed by atoms with E-state index in [-0.39, 0.29) is 0 Å². The van der Waals surface area contributed by atoms with Crippen LogP contribution < -0.4 is 0 Å². The molecule has 0 unspecified atom stereocenters. The molecule has 0 fully saturated rings. The van der Waals surface area contributed by atoms with E-state index in [1.54, 1.807) is 0 Å². The Kier molecular flexibility index (Phi) is 4.99. The van der Waals surface area contributed by atoms with Crippen molar-refractivity contribution in [2.45, 2.75) is 19.9 Å². The summed E-state index contributed by atoms with van der Waals surface area (Å²) in [5.41, 5.74) is 2.69. The maximum absolute atomic E-state index is 5.64. The summed E-state index contributed by atoms with van der Waals surface area (Å²) in [6.07, 6.45) is 1.06. The third-order valence-corrected chi connectivity index (χ3v) is 2.51. The van der Waals surface area contributed by atoms with Crippen LogP contribution in [0.25, 0.3) is 0 Å². The summed E-state index contributed by atoms with van der Waals surface area (Å²) < 4.78 is 0. The zero-order valence-corrected chi connectivity index (χ0v) is 9.72. The first-order valence-corrected chi connectivity index (χ1v) is 5.56. The molecule has 1 aromatic carbocycles. The molecule has 0 spiro atoms. The van der Waals surface area contributed by atoms with Gasteiger partial charge in [0.1, 0.15) is 0 Å². The minimum absolute atomic E-state index is 0.748. The van der Waals surface area contributed by atoms with Crippen molar-refractivity contribution in [2.75, 3.05) is 19.5 Å². The largest absolute Gasteiger partial charge is 0.302 e. The quantitative estimate of drug-likeness (QED) is 0.677. The number of hydrogen-bond donors (Lipinski definition) is 0. The predicted molar refractivity (Wildman–Crippen MR) is 62.9 cm³/mol. The number of hydrogen-bond acceptors (Lipinski definition) is 1. The molecule has 0 aromatic heterocycles. The summed E-state index contributed by atoms with van der Waals surface area (Å²) >= 11 is 5.64. The molecule has 1 nitrogen and oxygen atoms in total. The van der Waals surface area contributed by atoms with Crippen molar-refractivity contribution >= 4 is 11.6 Å². The topological polar surface area (TPSA) is 3.24 Å². The van der Waals surface area contributed by atoms with Crippen LogP contribution >= 0.6 is 11.6 Å². The number of alkyl halides is 1. The van der Waals surface area contributed by atoms with E-state index in [2.05, 4.69) is 43.1 Å². The van der Waals surface area contributed by atoms with Gasteiger partial charge in [-0.25, -0.2) is 0 Å². The Labute approximate surface area is 91.7 Å². The van der Waals surface area contributed by atoms with Crippen LogP contribution in [0.15, 0.2) is 24.3 Å². The Balaban J connectivity index is 2.39. The van der Waals surface area contributed by atoms with Crippen molar-refractivity contribution in [1.82, 2.24) is 4.90 Å². The van der Waals surface area contributed by atoms with E-state index in [4.69, 9.17) is 11.6 Å². The lowest BCUT2D eigenvalue weighted by Gasteiger charge is -2.15. The Bertz CT molecular complexity index is 256. The average molecular weight is 212 g/mol. The standard InChI is InChI=1S/C12H18ClN/c1-11-4-6-12(7-5-11)10-14(2)9-3-8-13/h4-7H,3,8-10H2,1-2H3. The van der Waals surface area contributed by atoms with Gasteiger partial charge < -0.3 is 4.90 Å². The van der Waals surface area contributed by atoms with Crippen LogP contribution in [0, 0.1) is 6.92 Å². The number of nitrogens with zero attached hydrogens (tertiary/aromatic N) is 1. The molecule has 1 aromatic rings. The van der Waals surface area contributed by atoms with Gasteiger partial charge in [0.2, 0.25) is 0 Å². The lowest BCUT2D eigenvalue weighted by Crippen LogP contribution is -2.19. The van der Waals surface area contributed by atoms with Crippen molar-refractivity contribution in [1.29, 1.82) is 0 Å². The molecule has 0 saturated heterocycles. The van der Waals surface area contributed by atoms with Gasteiger partial charge in [-0.05, 0) is 32.5 Å². The molecule has 0 amide bonds. The summed E-state index contributed by atoms with van der Waals surface area (Å²) in [7, 11) is 2.13. The number of rotatable bonds is 5. The Morgan fingerprint density at radius 3 is 2.43 bits per heavy atom. The minimum Gasteiger partial charge on any atom is -0.302 e. The molecule has 0 radical (unpaired) electrons. The smallest absolute Gasteiger partial charge is 0.0235 e. The van der Waals surface area contributed by atoms with Gasteiger partial charge in [0, 0.05) is 12.4 Å². The molecule has 0 heterocycles. The fourth-order valence-corrected chi connectivity index (χ4v) is 1.53. The molecule has 0 N–H and O–H groups in total. The highest BCUT2D eigenvalue weighted by atomic mass is 35.5. The van der Waals surface area contributed by atoms with Gasteiger partial charge in [0.05, 0.1) is 0 Å². The first-order valence-electron chi connectivity index (χ1n) is 5.02. The van der Waals surface area contributed by atoms with E-state index < -0.39 is 0 Å². The van der Waals surface area contributed by atoms with E-state index >= 15 is 0 Å². The van der Waals surface area contributed by atoms with Crippen molar-refractivity contribution in [3.63, 3.8) is 0 Å². The minimum atomic E-state index is 0.748. The van der Waals surface area contributed by atoms with Gasteiger partial charge >= 0.3 is 0 Å².